The van der Waals surface area contributed by atoms with Crippen molar-refractivity contribution in [1.82, 2.24) is 10.6 Å². The predicted molar refractivity (Wildman–Crippen MR) is 82.7 cm³/mol. The molecule has 0 aliphatic carbocycles. The molecule has 0 saturated carbocycles. The molecule has 2 aliphatic heterocycles. The maximum atomic E-state index is 11.8. The van der Waals surface area contributed by atoms with Gasteiger partial charge in [-0.15, -0.1) is 0 Å². The second-order valence-corrected chi connectivity index (χ2v) is 8.14. The Morgan fingerprint density at radius 2 is 2.00 bits per heavy atom. The lowest BCUT2D eigenvalue weighted by molar-refractivity contribution is 0.213. The van der Waals surface area contributed by atoms with E-state index in [1.165, 1.54) is 0 Å². The third-order valence-corrected chi connectivity index (χ3v) is 5.92. The molecule has 3 rings (SSSR count). The van der Waals surface area contributed by atoms with Gasteiger partial charge in [-0.2, -0.15) is 0 Å². The van der Waals surface area contributed by atoms with Crippen molar-refractivity contribution in [2.45, 2.75) is 18.9 Å². The number of carbonyl (C=O) groups is 1. The number of carbonyl (C=O) groups excluding carboxylic acids is 1. The zero-order chi connectivity index (χ0) is 15.6. The van der Waals surface area contributed by atoms with E-state index in [-0.39, 0.29) is 29.6 Å². The van der Waals surface area contributed by atoms with Crippen LogP contribution in [0.1, 0.15) is 12.0 Å². The Labute approximate surface area is 130 Å². The number of para-hydroxylation sites is 1. The van der Waals surface area contributed by atoms with Crippen LogP contribution in [0.15, 0.2) is 24.3 Å². The van der Waals surface area contributed by atoms with Crippen molar-refractivity contribution >= 4 is 15.9 Å². The van der Waals surface area contributed by atoms with Gasteiger partial charge in [-0.1, -0.05) is 18.2 Å². The summed E-state index contributed by atoms with van der Waals surface area (Å²) in [6, 6.07) is 7.58. The summed E-state index contributed by atoms with van der Waals surface area (Å²) in [5.41, 5.74) is 1.16. The van der Waals surface area contributed by atoms with Crippen LogP contribution in [0.4, 0.5) is 4.79 Å². The van der Waals surface area contributed by atoms with E-state index >= 15 is 0 Å². The molecule has 1 fully saturated rings. The summed E-state index contributed by atoms with van der Waals surface area (Å²) >= 11 is 0. The zero-order valence-corrected chi connectivity index (χ0v) is 13.1. The van der Waals surface area contributed by atoms with Gasteiger partial charge >= 0.3 is 6.03 Å². The van der Waals surface area contributed by atoms with Gasteiger partial charge in [0.05, 0.1) is 18.1 Å². The van der Waals surface area contributed by atoms with Crippen LogP contribution < -0.4 is 15.4 Å². The molecule has 6 nitrogen and oxygen atoms in total. The average molecular weight is 324 g/mol. The highest BCUT2D eigenvalue weighted by Gasteiger charge is 2.28. The van der Waals surface area contributed by atoms with E-state index in [4.69, 9.17) is 4.74 Å². The summed E-state index contributed by atoms with van der Waals surface area (Å²) < 4.78 is 28.4. The molecule has 120 valence electrons. The topological polar surface area (TPSA) is 84.5 Å². The predicted octanol–water partition coefficient (Wildman–Crippen LogP) is 0.724. The minimum Gasteiger partial charge on any atom is -0.488 e. The van der Waals surface area contributed by atoms with Gasteiger partial charge in [0, 0.05) is 13.0 Å². The molecule has 2 N–H and O–H groups in total. The molecule has 2 amide bonds. The van der Waals surface area contributed by atoms with Crippen LogP contribution in [0.5, 0.6) is 5.75 Å². The number of benzene rings is 1. The Morgan fingerprint density at radius 3 is 2.73 bits per heavy atom. The van der Waals surface area contributed by atoms with Gasteiger partial charge in [-0.3, -0.25) is 0 Å². The molecule has 2 heterocycles. The van der Waals surface area contributed by atoms with E-state index in [1.54, 1.807) is 0 Å². The quantitative estimate of drug-likeness (QED) is 0.855. The molecule has 22 heavy (non-hydrogen) atoms. The summed E-state index contributed by atoms with van der Waals surface area (Å²) in [6.45, 7) is 0.834. The second-order valence-electron chi connectivity index (χ2n) is 5.91. The first-order chi connectivity index (χ1) is 10.5. The molecule has 1 aromatic rings. The number of nitrogens with one attached hydrogen (secondary N) is 2. The molecule has 1 saturated heterocycles. The Bertz CT molecular complexity index is 634. The third-order valence-electron chi connectivity index (χ3n) is 4.08. The largest absolute Gasteiger partial charge is 0.488 e. The van der Waals surface area contributed by atoms with E-state index in [0.717, 1.165) is 17.7 Å². The molecular formula is C15H20N2O4S. The maximum absolute atomic E-state index is 11.8. The normalized spacial score (nSPS) is 25.3. The van der Waals surface area contributed by atoms with Crippen molar-refractivity contribution in [3.63, 3.8) is 0 Å². The average Bonchev–Trinajstić information content (AvgIpc) is 3.05. The SMILES string of the molecule is O=C(NC[C@H]1CCS(=O)(=O)C1)NC[C@@H]1Cc2ccccc2O1. The Balaban J connectivity index is 1.37. The van der Waals surface area contributed by atoms with Crippen molar-refractivity contribution in [3.05, 3.63) is 29.8 Å². The summed E-state index contributed by atoms with van der Waals surface area (Å²) in [5.74, 6) is 1.32. The molecule has 0 aromatic heterocycles. The van der Waals surface area contributed by atoms with Crippen LogP contribution in [0.2, 0.25) is 0 Å². The molecule has 0 unspecified atom stereocenters. The van der Waals surface area contributed by atoms with Gasteiger partial charge in [0.2, 0.25) is 0 Å². The van der Waals surface area contributed by atoms with E-state index in [9.17, 15) is 13.2 Å². The number of hydrogen-bond acceptors (Lipinski definition) is 4. The lowest BCUT2D eigenvalue weighted by Crippen LogP contribution is -2.42. The number of sulfone groups is 1. The van der Waals surface area contributed by atoms with E-state index in [2.05, 4.69) is 10.6 Å². The number of ether oxygens (including phenoxy) is 1. The summed E-state index contributed by atoms with van der Waals surface area (Å²) in [4.78, 5) is 11.8. The highest BCUT2D eigenvalue weighted by Crippen LogP contribution is 2.27. The molecule has 2 atom stereocenters. The maximum Gasteiger partial charge on any atom is 0.314 e. The lowest BCUT2D eigenvalue weighted by Gasteiger charge is -2.14. The lowest BCUT2D eigenvalue weighted by atomic mass is 10.1. The van der Waals surface area contributed by atoms with Crippen LogP contribution in [-0.2, 0) is 16.3 Å². The van der Waals surface area contributed by atoms with Crippen LogP contribution in [0, 0.1) is 5.92 Å². The summed E-state index contributed by atoms with van der Waals surface area (Å²) in [7, 11) is -2.89. The van der Waals surface area contributed by atoms with E-state index in [1.807, 2.05) is 24.3 Å². The molecule has 1 aromatic carbocycles. The van der Waals surface area contributed by atoms with Crippen molar-refractivity contribution in [2.75, 3.05) is 24.6 Å². The zero-order valence-electron chi connectivity index (χ0n) is 12.2. The number of rotatable bonds is 4. The Morgan fingerprint density at radius 1 is 1.23 bits per heavy atom. The molecule has 2 aliphatic rings. The van der Waals surface area contributed by atoms with Crippen molar-refractivity contribution in [3.8, 4) is 5.75 Å². The highest BCUT2D eigenvalue weighted by molar-refractivity contribution is 7.91. The molecule has 0 radical (unpaired) electrons. The number of fused-ring (bicyclic) bond motifs is 1. The molecular weight excluding hydrogens is 304 g/mol. The molecule has 0 spiro atoms. The monoisotopic (exact) mass is 324 g/mol. The van der Waals surface area contributed by atoms with E-state index < -0.39 is 9.84 Å². The molecule has 7 heteroatoms. The van der Waals surface area contributed by atoms with Gasteiger partial charge in [0.1, 0.15) is 11.9 Å². The van der Waals surface area contributed by atoms with Crippen LogP contribution in [-0.4, -0.2) is 45.1 Å². The van der Waals surface area contributed by atoms with Crippen LogP contribution >= 0.6 is 0 Å². The number of hydrogen-bond donors (Lipinski definition) is 2. The smallest absolute Gasteiger partial charge is 0.314 e. The third kappa shape index (κ3) is 3.71. The fourth-order valence-electron chi connectivity index (χ4n) is 2.91. The minimum atomic E-state index is -2.89. The first kappa shape index (κ1) is 15.1. The van der Waals surface area contributed by atoms with Crippen LogP contribution in [0.25, 0.3) is 0 Å². The highest BCUT2D eigenvalue weighted by atomic mass is 32.2. The van der Waals surface area contributed by atoms with Crippen molar-refractivity contribution in [2.24, 2.45) is 5.92 Å². The second kappa shape index (κ2) is 6.16. The standard InChI is InChI=1S/C15H20N2O4S/c18-15(16-8-11-5-6-22(19,20)10-11)17-9-13-7-12-3-1-2-4-14(12)21-13/h1-4,11,13H,5-10H2,(H2,16,17,18)/t11-,13+/m1/s1. The minimum absolute atomic E-state index is 0.0303. The van der Waals surface area contributed by atoms with Gasteiger partial charge < -0.3 is 15.4 Å². The van der Waals surface area contributed by atoms with Gasteiger partial charge in [-0.25, -0.2) is 13.2 Å². The summed E-state index contributed by atoms with van der Waals surface area (Å²) in [5, 5.41) is 5.52. The van der Waals surface area contributed by atoms with Gasteiger partial charge in [0.15, 0.2) is 9.84 Å². The fourth-order valence-corrected chi connectivity index (χ4v) is 4.77. The number of urea groups is 1. The number of amides is 2. The van der Waals surface area contributed by atoms with E-state index in [0.29, 0.717) is 19.5 Å². The first-order valence-electron chi connectivity index (χ1n) is 7.48. The first-order valence-corrected chi connectivity index (χ1v) is 9.31. The Hall–Kier alpha value is -1.76. The van der Waals surface area contributed by atoms with Crippen molar-refractivity contribution in [1.29, 1.82) is 0 Å². The van der Waals surface area contributed by atoms with Gasteiger partial charge in [0.25, 0.3) is 0 Å². The Kier molecular flexibility index (Phi) is 4.24. The molecule has 0 bridgehead atoms. The van der Waals surface area contributed by atoms with Gasteiger partial charge in [-0.05, 0) is 24.0 Å². The fraction of sp³-hybridized carbons (Fsp3) is 0.533. The summed E-state index contributed by atoms with van der Waals surface area (Å²) in [6.07, 6.45) is 1.37. The van der Waals surface area contributed by atoms with Crippen LogP contribution in [0.3, 0.4) is 0 Å². The van der Waals surface area contributed by atoms with Crippen molar-refractivity contribution < 1.29 is 17.9 Å².